The molecule has 2 aromatic rings. The molecular formula is C13H13ClN2O3S. The summed E-state index contributed by atoms with van der Waals surface area (Å²) < 4.78 is 26.8. The lowest BCUT2D eigenvalue weighted by atomic mass is 10.2. The van der Waals surface area contributed by atoms with E-state index in [4.69, 9.17) is 16.7 Å². The molecule has 1 heterocycles. The van der Waals surface area contributed by atoms with E-state index in [1.165, 1.54) is 18.2 Å². The number of sulfonamides is 1. The first-order valence-corrected chi connectivity index (χ1v) is 7.64. The normalized spacial score (nSPS) is 11.3. The van der Waals surface area contributed by atoms with E-state index in [-0.39, 0.29) is 22.3 Å². The van der Waals surface area contributed by atoms with E-state index >= 15 is 0 Å². The van der Waals surface area contributed by atoms with E-state index < -0.39 is 10.0 Å². The zero-order valence-electron chi connectivity index (χ0n) is 10.7. The van der Waals surface area contributed by atoms with Crippen molar-refractivity contribution in [3.05, 3.63) is 52.7 Å². The quantitative estimate of drug-likeness (QED) is 0.908. The summed E-state index contributed by atoms with van der Waals surface area (Å²) in [4.78, 5) is 4.09. The van der Waals surface area contributed by atoms with Crippen molar-refractivity contribution >= 4 is 27.4 Å². The first-order valence-electron chi connectivity index (χ1n) is 5.78. The first-order chi connectivity index (χ1) is 9.42. The second kappa shape index (κ2) is 5.78. The van der Waals surface area contributed by atoms with E-state index in [0.717, 1.165) is 0 Å². The molecule has 0 saturated carbocycles. The maximum atomic E-state index is 12.2. The Morgan fingerprint density at radius 2 is 2.05 bits per heavy atom. The number of halogens is 1. The average molecular weight is 313 g/mol. The van der Waals surface area contributed by atoms with Crippen LogP contribution >= 0.6 is 11.6 Å². The van der Waals surface area contributed by atoms with Gasteiger partial charge in [0.05, 0.1) is 11.5 Å². The Kier molecular flexibility index (Phi) is 4.27. The van der Waals surface area contributed by atoms with Gasteiger partial charge in [0.2, 0.25) is 0 Å². The molecule has 0 amide bonds. The molecule has 0 aliphatic rings. The van der Waals surface area contributed by atoms with Crippen LogP contribution in [0.1, 0.15) is 11.3 Å². The molecule has 0 bridgehead atoms. The van der Waals surface area contributed by atoms with Gasteiger partial charge in [-0.2, -0.15) is 0 Å². The van der Waals surface area contributed by atoms with Crippen LogP contribution in [0.5, 0.6) is 0 Å². The Hall–Kier alpha value is -1.63. The van der Waals surface area contributed by atoms with Crippen molar-refractivity contribution in [3.8, 4) is 0 Å². The number of hydrogen-bond acceptors (Lipinski definition) is 4. The van der Waals surface area contributed by atoms with Crippen molar-refractivity contribution in [2.45, 2.75) is 18.4 Å². The van der Waals surface area contributed by atoms with Crippen LogP contribution in [0.25, 0.3) is 0 Å². The van der Waals surface area contributed by atoms with E-state index in [0.29, 0.717) is 11.3 Å². The Bertz CT molecular complexity index is 732. The topological polar surface area (TPSA) is 79.3 Å². The summed E-state index contributed by atoms with van der Waals surface area (Å²) in [5.41, 5.74) is 1.18. The number of aliphatic hydroxyl groups is 1. The molecule has 7 heteroatoms. The summed E-state index contributed by atoms with van der Waals surface area (Å²) in [5.74, 6) is 0.243. The van der Waals surface area contributed by atoms with Gasteiger partial charge in [0.25, 0.3) is 10.0 Å². The number of nitrogens with one attached hydrogen (secondary N) is 1. The summed E-state index contributed by atoms with van der Waals surface area (Å²) in [7, 11) is -3.76. The minimum absolute atomic E-state index is 0.0167. The molecule has 0 spiro atoms. The third-order valence-corrected chi connectivity index (χ3v) is 4.34. The first kappa shape index (κ1) is 14.8. The van der Waals surface area contributed by atoms with E-state index in [1.54, 1.807) is 25.1 Å². The van der Waals surface area contributed by atoms with Crippen LogP contribution in [0.2, 0.25) is 5.02 Å². The third-order valence-electron chi connectivity index (χ3n) is 2.63. The lowest BCUT2D eigenvalue weighted by Crippen LogP contribution is -2.14. The lowest BCUT2D eigenvalue weighted by molar-refractivity contribution is 0.282. The van der Waals surface area contributed by atoms with Gasteiger partial charge in [0.1, 0.15) is 5.82 Å². The molecular weight excluding hydrogens is 300 g/mol. The molecule has 2 rings (SSSR count). The molecule has 0 saturated heterocycles. The predicted octanol–water partition coefficient (Wildman–Crippen LogP) is 2.34. The van der Waals surface area contributed by atoms with E-state index in [1.807, 2.05) is 0 Å². The highest BCUT2D eigenvalue weighted by Gasteiger charge is 2.16. The highest BCUT2D eigenvalue weighted by atomic mass is 35.5. The molecule has 5 nitrogen and oxygen atoms in total. The molecule has 0 aliphatic carbocycles. The zero-order valence-corrected chi connectivity index (χ0v) is 12.2. The minimum atomic E-state index is -3.76. The van der Waals surface area contributed by atoms with Crippen LogP contribution in [0.3, 0.4) is 0 Å². The van der Waals surface area contributed by atoms with Crippen molar-refractivity contribution in [3.63, 3.8) is 0 Å². The van der Waals surface area contributed by atoms with Crippen molar-refractivity contribution < 1.29 is 13.5 Å². The smallest absolute Gasteiger partial charge is 0.263 e. The van der Waals surface area contributed by atoms with Gasteiger partial charge in [-0.05, 0) is 36.8 Å². The number of rotatable bonds is 4. The van der Waals surface area contributed by atoms with Gasteiger partial charge >= 0.3 is 0 Å². The van der Waals surface area contributed by atoms with Gasteiger partial charge in [-0.3, -0.25) is 4.72 Å². The highest BCUT2D eigenvalue weighted by Crippen LogP contribution is 2.22. The van der Waals surface area contributed by atoms with Crippen molar-refractivity contribution in [2.75, 3.05) is 4.72 Å². The summed E-state index contributed by atoms with van der Waals surface area (Å²) in [6.45, 7) is 1.52. The van der Waals surface area contributed by atoms with Crippen LogP contribution < -0.4 is 4.72 Å². The molecule has 1 aromatic carbocycles. The number of nitrogens with zero attached hydrogens (tertiary/aromatic N) is 1. The second-order valence-corrected chi connectivity index (χ2v) is 6.27. The fourth-order valence-corrected chi connectivity index (χ4v) is 2.95. The molecule has 0 aliphatic heterocycles. The maximum absolute atomic E-state index is 12.2. The van der Waals surface area contributed by atoms with Gasteiger partial charge in [-0.1, -0.05) is 23.7 Å². The monoisotopic (exact) mass is 312 g/mol. The number of hydrogen-bond donors (Lipinski definition) is 2. The van der Waals surface area contributed by atoms with Gasteiger partial charge in [0.15, 0.2) is 0 Å². The SMILES string of the molecule is Cc1cccc(NS(=O)(=O)c2ccc(CO)c(Cl)c2)n1. The largest absolute Gasteiger partial charge is 0.392 e. The number of benzene rings is 1. The van der Waals surface area contributed by atoms with Crippen LogP contribution in [0, 0.1) is 6.92 Å². The highest BCUT2D eigenvalue weighted by molar-refractivity contribution is 7.92. The van der Waals surface area contributed by atoms with Gasteiger partial charge in [-0.15, -0.1) is 0 Å². The van der Waals surface area contributed by atoms with Gasteiger partial charge in [-0.25, -0.2) is 13.4 Å². The molecule has 0 unspecified atom stereocenters. The molecule has 20 heavy (non-hydrogen) atoms. The number of anilines is 1. The van der Waals surface area contributed by atoms with Crippen molar-refractivity contribution in [1.82, 2.24) is 4.98 Å². The summed E-state index contributed by atoms with van der Waals surface area (Å²) in [6, 6.07) is 9.20. The number of aliphatic hydroxyl groups excluding tert-OH is 1. The van der Waals surface area contributed by atoms with Crippen LogP contribution in [-0.2, 0) is 16.6 Å². The van der Waals surface area contributed by atoms with Crippen molar-refractivity contribution in [1.29, 1.82) is 0 Å². The van der Waals surface area contributed by atoms with Crippen LogP contribution in [0.4, 0.5) is 5.82 Å². The van der Waals surface area contributed by atoms with Crippen molar-refractivity contribution in [2.24, 2.45) is 0 Å². The Morgan fingerprint density at radius 1 is 1.30 bits per heavy atom. The fraction of sp³-hybridized carbons (Fsp3) is 0.154. The summed E-state index contributed by atoms with van der Waals surface area (Å²) in [6.07, 6.45) is 0. The number of aromatic nitrogens is 1. The molecule has 0 fully saturated rings. The maximum Gasteiger partial charge on any atom is 0.263 e. The lowest BCUT2D eigenvalue weighted by Gasteiger charge is -2.09. The number of aryl methyl sites for hydroxylation is 1. The minimum Gasteiger partial charge on any atom is -0.392 e. The molecule has 2 N–H and O–H groups in total. The van der Waals surface area contributed by atoms with Gasteiger partial charge < -0.3 is 5.11 Å². The summed E-state index contributed by atoms with van der Waals surface area (Å²) in [5, 5.41) is 9.22. The third kappa shape index (κ3) is 3.27. The Labute approximate surface area is 122 Å². The number of pyridine rings is 1. The molecule has 1 aromatic heterocycles. The Morgan fingerprint density at radius 3 is 2.65 bits per heavy atom. The molecule has 0 radical (unpaired) electrons. The van der Waals surface area contributed by atoms with E-state index in [9.17, 15) is 8.42 Å². The van der Waals surface area contributed by atoms with Crippen LogP contribution in [0.15, 0.2) is 41.3 Å². The summed E-state index contributed by atoms with van der Waals surface area (Å²) >= 11 is 5.90. The molecule has 0 atom stereocenters. The van der Waals surface area contributed by atoms with Gasteiger partial charge in [0, 0.05) is 10.7 Å². The van der Waals surface area contributed by atoms with Crippen LogP contribution in [-0.4, -0.2) is 18.5 Å². The average Bonchev–Trinajstić information content (AvgIpc) is 2.38. The molecule has 106 valence electrons. The fourth-order valence-electron chi connectivity index (χ4n) is 1.62. The predicted molar refractivity (Wildman–Crippen MR) is 77.2 cm³/mol. The second-order valence-electron chi connectivity index (χ2n) is 4.18. The Balaban J connectivity index is 2.33. The van der Waals surface area contributed by atoms with E-state index in [2.05, 4.69) is 9.71 Å². The standard InChI is InChI=1S/C13H13ClN2O3S/c1-9-3-2-4-13(15-9)16-20(18,19)11-6-5-10(8-17)12(14)7-11/h2-7,17H,8H2,1H3,(H,15,16). The zero-order chi connectivity index (χ0) is 14.8.